The number of carbonyl (C=O) groups excluding carboxylic acids is 1. The monoisotopic (exact) mass is 332 g/mol. The number of piperidine rings is 1. The van der Waals surface area contributed by atoms with Crippen molar-refractivity contribution in [2.24, 2.45) is 0 Å². The molecule has 2 aromatic carbocycles. The third-order valence-electron chi connectivity index (χ3n) is 4.86. The highest BCUT2D eigenvalue weighted by Gasteiger charge is 2.28. The van der Waals surface area contributed by atoms with Crippen molar-refractivity contribution in [1.82, 2.24) is 9.88 Å². The van der Waals surface area contributed by atoms with E-state index < -0.39 is 0 Å². The first kappa shape index (κ1) is 15.6. The average molecular weight is 332 g/mol. The summed E-state index contributed by atoms with van der Waals surface area (Å²) in [7, 11) is 0. The second-order valence-electron chi connectivity index (χ2n) is 6.37. The lowest BCUT2D eigenvalue weighted by Gasteiger charge is -2.32. The van der Waals surface area contributed by atoms with Crippen LogP contribution in [0.25, 0.3) is 11.3 Å². The molecule has 4 rings (SSSR count). The number of carbonyl (C=O) groups is 1. The van der Waals surface area contributed by atoms with E-state index in [1.807, 2.05) is 41.3 Å². The third kappa shape index (κ3) is 3.20. The van der Waals surface area contributed by atoms with E-state index in [0.29, 0.717) is 17.4 Å². The van der Waals surface area contributed by atoms with Gasteiger partial charge in [0, 0.05) is 18.7 Å². The summed E-state index contributed by atoms with van der Waals surface area (Å²) in [6.07, 6.45) is 3.31. The van der Waals surface area contributed by atoms with Crippen LogP contribution in [-0.2, 0) is 0 Å². The van der Waals surface area contributed by atoms with E-state index in [1.54, 1.807) is 0 Å². The van der Waals surface area contributed by atoms with Crippen molar-refractivity contribution in [2.45, 2.75) is 18.8 Å². The van der Waals surface area contributed by atoms with Gasteiger partial charge in [0.15, 0.2) is 17.8 Å². The molecule has 4 nitrogen and oxygen atoms in total. The number of hydrogen-bond acceptors (Lipinski definition) is 3. The van der Waals surface area contributed by atoms with Crippen molar-refractivity contribution < 1.29 is 9.21 Å². The lowest BCUT2D eigenvalue weighted by atomic mass is 9.89. The lowest BCUT2D eigenvalue weighted by molar-refractivity contribution is 0.0708. The Morgan fingerprint density at radius 3 is 2.28 bits per heavy atom. The minimum atomic E-state index is -0.0425. The van der Waals surface area contributed by atoms with Crippen LogP contribution in [-0.4, -0.2) is 28.9 Å². The molecule has 1 aliphatic rings. The molecule has 1 fully saturated rings. The van der Waals surface area contributed by atoms with Crippen LogP contribution in [0.2, 0.25) is 0 Å². The van der Waals surface area contributed by atoms with Crippen molar-refractivity contribution in [2.75, 3.05) is 13.1 Å². The highest BCUT2D eigenvalue weighted by atomic mass is 16.3. The first-order valence-corrected chi connectivity index (χ1v) is 8.66. The van der Waals surface area contributed by atoms with Crippen LogP contribution in [0.1, 0.15) is 34.8 Å². The van der Waals surface area contributed by atoms with E-state index in [1.165, 1.54) is 12.0 Å². The van der Waals surface area contributed by atoms with Gasteiger partial charge in [0.1, 0.15) is 0 Å². The number of oxazole rings is 1. The standard InChI is InChI=1S/C21H20N2O2/c24-21(19-20(25-15-22-19)18-9-5-2-6-10-18)23-13-11-17(12-14-23)16-7-3-1-4-8-16/h1-10,15,17H,11-14H2. The Morgan fingerprint density at radius 1 is 0.960 bits per heavy atom. The normalized spacial score (nSPS) is 15.3. The van der Waals surface area contributed by atoms with Gasteiger partial charge >= 0.3 is 0 Å². The fraction of sp³-hybridized carbons (Fsp3) is 0.238. The topological polar surface area (TPSA) is 46.3 Å². The van der Waals surface area contributed by atoms with E-state index in [9.17, 15) is 4.79 Å². The molecule has 0 unspecified atom stereocenters. The maximum Gasteiger partial charge on any atom is 0.276 e. The van der Waals surface area contributed by atoms with Gasteiger partial charge < -0.3 is 9.32 Å². The summed E-state index contributed by atoms with van der Waals surface area (Å²) in [4.78, 5) is 19.0. The fourth-order valence-corrected chi connectivity index (χ4v) is 3.48. The van der Waals surface area contributed by atoms with Gasteiger partial charge in [-0.05, 0) is 24.3 Å². The predicted molar refractivity (Wildman–Crippen MR) is 96.3 cm³/mol. The molecule has 1 aliphatic heterocycles. The number of likely N-dealkylation sites (tertiary alicyclic amines) is 1. The number of rotatable bonds is 3. The molecule has 0 N–H and O–H groups in total. The maximum absolute atomic E-state index is 12.9. The Labute approximate surface area is 147 Å². The van der Waals surface area contributed by atoms with E-state index in [4.69, 9.17) is 4.42 Å². The largest absolute Gasteiger partial charge is 0.443 e. The molecule has 1 amide bonds. The molecule has 0 aliphatic carbocycles. The Kier molecular flexibility index (Phi) is 4.34. The molecule has 0 spiro atoms. The molecule has 126 valence electrons. The van der Waals surface area contributed by atoms with Crippen molar-refractivity contribution in [3.63, 3.8) is 0 Å². The molecule has 0 saturated carbocycles. The summed E-state index contributed by atoms with van der Waals surface area (Å²) in [6.45, 7) is 1.50. The van der Waals surface area contributed by atoms with Crippen LogP contribution >= 0.6 is 0 Å². The van der Waals surface area contributed by atoms with Crippen molar-refractivity contribution >= 4 is 5.91 Å². The summed E-state index contributed by atoms with van der Waals surface area (Å²) in [5.74, 6) is 1.03. The van der Waals surface area contributed by atoms with Crippen molar-refractivity contribution in [3.05, 3.63) is 78.3 Å². The average Bonchev–Trinajstić information content (AvgIpc) is 3.19. The van der Waals surface area contributed by atoms with Gasteiger partial charge in [0.25, 0.3) is 5.91 Å². The molecule has 0 radical (unpaired) electrons. The van der Waals surface area contributed by atoms with Crippen LogP contribution in [0.5, 0.6) is 0 Å². The third-order valence-corrected chi connectivity index (χ3v) is 4.86. The number of aromatic nitrogens is 1. The molecule has 0 atom stereocenters. The Morgan fingerprint density at radius 2 is 1.60 bits per heavy atom. The van der Waals surface area contributed by atoms with Crippen molar-refractivity contribution in [1.29, 1.82) is 0 Å². The zero-order chi connectivity index (χ0) is 17.1. The number of hydrogen-bond donors (Lipinski definition) is 0. The Hall–Kier alpha value is -2.88. The molecular formula is C21H20N2O2. The minimum Gasteiger partial charge on any atom is -0.443 e. The Balaban J connectivity index is 1.48. The summed E-state index contributed by atoms with van der Waals surface area (Å²) in [6, 6.07) is 20.2. The summed E-state index contributed by atoms with van der Waals surface area (Å²) in [5, 5.41) is 0. The zero-order valence-corrected chi connectivity index (χ0v) is 14.0. The lowest BCUT2D eigenvalue weighted by Crippen LogP contribution is -2.38. The van der Waals surface area contributed by atoms with Crippen molar-refractivity contribution in [3.8, 4) is 11.3 Å². The van der Waals surface area contributed by atoms with Gasteiger partial charge in [0.2, 0.25) is 0 Å². The van der Waals surface area contributed by atoms with E-state index >= 15 is 0 Å². The van der Waals surface area contributed by atoms with Crippen LogP contribution in [0, 0.1) is 0 Å². The second kappa shape index (κ2) is 6.93. The zero-order valence-electron chi connectivity index (χ0n) is 14.0. The molecule has 25 heavy (non-hydrogen) atoms. The number of nitrogens with zero attached hydrogens (tertiary/aromatic N) is 2. The minimum absolute atomic E-state index is 0.0425. The molecule has 0 bridgehead atoms. The van der Waals surface area contributed by atoms with Gasteiger partial charge in [-0.25, -0.2) is 4.98 Å². The highest BCUT2D eigenvalue weighted by Crippen LogP contribution is 2.30. The van der Waals surface area contributed by atoms with Crippen LogP contribution < -0.4 is 0 Å². The highest BCUT2D eigenvalue weighted by molar-refractivity contribution is 5.97. The maximum atomic E-state index is 12.9. The van der Waals surface area contributed by atoms with Gasteiger partial charge in [-0.2, -0.15) is 0 Å². The quantitative estimate of drug-likeness (QED) is 0.716. The molecule has 1 aromatic heterocycles. The first-order valence-electron chi connectivity index (χ1n) is 8.66. The van der Waals surface area contributed by atoms with Gasteiger partial charge in [-0.1, -0.05) is 60.7 Å². The molecule has 3 aromatic rings. The first-order chi connectivity index (χ1) is 12.3. The van der Waals surface area contributed by atoms with Crippen LogP contribution in [0.4, 0.5) is 0 Å². The predicted octanol–water partition coefficient (Wildman–Crippen LogP) is 4.36. The molecular weight excluding hydrogens is 312 g/mol. The summed E-state index contributed by atoms with van der Waals surface area (Å²) in [5.41, 5.74) is 2.65. The van der Waals surface area contributed by atoms with E-state index in [-0.39, 0.29) is 5.91 Å². The number of amides is 1. The van der Waals surface area contributed by atoms with E-state index in [2.05, 4.69) is 29.2 Å². The van der Waals surface area contributed by atoms with Crippen LogP contribution in [0.15, 0.2) is 71.5 Å². The second-order valence-corrected chi connectivity index (χ2v) is 6.37. The summed E-state index contributed by atoms with van der Waals surface area (Å²) < 4.78 is 5.49. The van der Waals surface area contributed by atoms with Gasteiger partial charge in [0.05, 0.1) is 0 Å². The van der Waals surface area contributed by atoms with Gasteiger partial charge in [-0.15, -0.1) is 0 Å². The molecule has 4 heteroatoms. The van der Waals surface area contributed by atoms with E-state index in [0.717, 1.165) is 31.5 Å². The number of benzene rings is 2. The van der Waals surface area contributed by atoms with Gasteiger partial charge in [-0.3, -0.25) is 4.79 Å². The van der Waals surface area contributed by atoms with Crippen LogP contribution in [0.3, 0.4) is 0 Å². The fourth-order valence-electron chi connectivity index (χ4n) is 3.48. The molecule has 2 heterocycles. The Bertz CT molecular complexity index is 835. The molecule has 1 saturated heterocycles. The summed E-state index contributed by atoms with van der Waals surface area (Å²) >= 11 is 0. The smallest absolute Gasteiger partial charge is 0.276 e. The SMILES string of the molecule is O=C(c1ncoc1-c1ccccc1)N1CCC(c2ccccc2)CC1.